The molecule has 0 saturated carbocycles. The number of rotatable bonds is 3. The van der Waals surface area contributed by atoms with Gasteiger partial charge >= 0.3 is 0 Å². The van der Waals surface area contributed by atoms with E-state index in [2.05, 4.69) is 47.2 Å². The van der Waals surface area contributed by atoms with E-state index in [9.17, 15) is 4.79 Å². The standard InChI is InChI=1S/C25H18N2O/c1-16-10-12-17(13-11-16)18-6-2-3-8-21(18)25(28)24-23-20(14-15-26-24)19-7-4-5-9-22(19)27-23/h2-15,27H,1H3. The van der Waals surface area contributed by atoms with Gasteiger partial charge in [0.1, 0.15) is 5.69 Å². The fourth-order valence-corrected chi connectivity index (χ4v) is 3.74. The van der Waals surface area contributed by atoms with Crippen molar-refractivity contribution in [2.45, 2.75) is 6.92 Å². The number of hydrogen-bond acceptors (Lipinski definition) is 2. The number of carbonyl (C=O) groups excluding carboxylic acids is 1. The van der Waals surface area contributed by atoms with Crippen LogP contribution in [0.1, 0.15) is 21.6 Å². The van der Waals surface area contributed by atoms with E-state index in [0.29, 0.717) is 11.3 Å². The number of nitrogens with one attached hydrogen (secondary N) is 1. The van der Waals surface area contributed by atoms with Crippen molar-refractivity contribution in [1.29, 1.82) is 0 Å². The molecule has 0 aliphatic rings. The molecule has 5 rings (SSSR count). The van der Waals surface area contributed by atoms with Crippen LogP contribution < -0.4 is 0 Å². The van der Waals surface area contributed by atoms with Gasteiger partial charge in [-0.2, -0.15) is 0 Å². The number of fused-ring (bicyclic) bond motifs is 3. The molecular formula is C25H18N2O. The van der Waals surface area contributed by atoms with Gasteiger partial charge in [-0.15, -0.1) is 0 Å². The Kier molecular flexibility index (Phi) is 3.80. The molecule has 0 radical (unpaired) electrons. The van der Waals surface area contributed by atoms with Crippen LogP contribution in [0.2, 0.25) is 0 Å². The van der Waals surface area contributed by atoms with E-state index in [-0.39, 0.29) is 5.78 Å². The first-order chi connectivity index (χ1) is 13.7. The van der Waals surface area contributed by atoms with Crippen LogP contribution in [-0.4, -0.2) is 15.8 Å². The van der Waals surface area contributed by atoms with E-state index in [4.69, 9.17) is 0 Å². The van der Waals surface area contributed by atoms with E-state index in [0.717, 1.165) is 32.9 Å². The second-order valence-corrected chi connectivity index (χ2v) is 6.99. The summed E-state index contributed by atoms with van der Waals surface area (Å²) < 4.78 is 0. The molecule has 0 aliphatic heterocycles. The Balaban J connectivity index is 1.70. The Hall–Kier alpha value is -3.72. The lowest BCUT2D eigenvalue weighted by Crippen LogP contribution is -2.06. The molecule has 3 nitrogen and oxygen atoms in total. The van der Waals surface area contributed by atoms with E-state index in [1.54, 1.807) is 6.20 Å². The number of carbonyl (C=O) groups is 1. The third kappa shape index (κ3) is 2.60. The number of H-pyrrole nitrogens is 1. The zero-order chi connectivity index (χ0) is 19.1. The van der Waals surface area contributed by atoms with Gasteiger partial charge in [0.05, 0.1) is 5.52 Å². The molecule has 0 bridgehead atoms. The van der Waals surface area contributed by atoms with Gasteiger partial charge in [0.25, 0.3) is 0 Å². The molecule has 2 heterocycles. The summed E-state index contributed by atoms with van der Waals surface area (Å²) in [5.74, 6) is -0.0756. The van der Waals surface area contributed by atoms with Crippen molar-refractivity contribution in [3.63, 3.8) is 0 Å². The van der Waals surface area contributed by atoms with Gasteiger partial charge in [-0.1, -0.05) is 72.3 Å². The van der Waals surface area contributed by atoms with Gasteiger partial charge in [-0.25, -0.2) is 0 Å². The Morgan fingerprint density at radius 3 is 2.43 bits per heavy atom. The number of para-hydroxylation sites is 1. The maximum atomic E-state index is 13.5. The minimum absolute atomic E-state index is 0.0756. The van der Waals surface area contributed by atoms with Crippen LogP contribution in [-0.2, 0) is 0 Å². The molecule has 2 aromatic heterocycles. The molecule has 28 heavy (non-hydrogen) atoms. The maximum Gasteiger partial charge on any atom is 0.214 e. The lowest BCUT2D eigenvalue weighted by Gasteiger charge is -2.09. The first-order valence-electron chi connectivity index (χ1n) is 9.28. The summed E-state index contributed by atoms with van der Waals surface area (Å²) in [5.41, 5.74) is 6.04. The van der Waals surface area contributed by atoms with Crippen LogP contribution in [0.15, 0.2) is 85.1 Å². The highest BCUT2D eigenvalue weighted by atomic mass is 16.1. The van der Waals surface area contributed by atoms with E-state index < -0.39 is 0 Å². The van der Waals surface area contributed by atoms with Crippen LogP contribution in [0.25, 0.3) is 32.9 Å². The monoisotopic (exact) mass is 362 g/mol. The van der Waals surface area contributed by atoms with Crippen molar-refractivity contribution in [2.24, 2.45) is 0 Å². The third-order valence-electron chi connectivity index (χ3n) is 5.18. The largest absolute Gasteiger partial charge is 0.353 e. The topological polar surface area (TPSA) is 45.8 Å². The molecule has 3 aromatic carbocycles. The van der Waals surface area contributed by atoms with Gasteiger partial charge in [0.2, 0.25) is 5.78 Å². The predicted molar refractivity (Wildman–Crippen MR) is 114 cm³/mol. The van der Waals surface area contributed by atoms with E-state index in [1.807, 2.05) is 48.5 Å². The normalized spacial score (nSPS) is 11.2. The first-order valence-corrected chi connectivity index (χ1v) is 9.28. The third-order valence-corrected chi connectivity index (χ3v) is 5.18. The van der Waals surface area contributed by atoms with Crippen LogP contribution in [0.5, 0.6) is 0 Å². The second-order valence-electron chi connectivity index (χ2n) is 6.99. The van der Waals surface area contributed by atoms with E-state index in [1.165, 1.54) is 5.56 Å². The predicted octanol–water partition coefficient (Wildman–Crippen LogP) is 5.92. The van der Waals surface area contributed by atoms with Crippen molar-refractivity contribution in [3.8, 4) is 11.1 Å². The van der Waals surface area contributed by atoms with Crippen molar-refractivity contribution in [2.75, 3.05) is 0 Å². The highest BCUT2D eigenvalue weighted by Crippen LogP contribution is 2.30. The molecule has 0 atom stereocenters. The van der Waals surface area contributed by atoms with Crippen LogP contribution in [0, 0.1) is 6.92 Å². The molecule has 0 aliphatic carbocycles. The van der Waals surface area contributed by atoms with Gasteiger partial charge in [-0.3, -0.25) is 9.78 Å². The van der Waals surface area contributed by atoms with Gasteiger partial charge in [-0.05, 0) is 30.2 Å². The fourth-order valence-electron chi connectivity index (χ4n) is 3.74. The smallest absolute Gasteiger partial charge is 0.214 e. The lowest BCUT2D eigenvalue weighted by atomic mass is 9.94. The van der Waals surface area contributed by atoms with Crippen molar-refractivity contribution < 1.29 is 4.79 Å². The Labute approximate surface area is 162 Å². The SMILES string of the molecule is Cc1ccc(-c2ccccc2C(=O)c2nccc3c2[nH]c2ccccc23)cc1. The van der Waals surface area contributed by atoms with Crippen LogP contribution >= 0.6 is 0 Å². The van der Waals surface area contributed by atoms with Gasteiger partial charge in [0.15, 0.2) is 0 Å². The first kappa shape index (κ1) is 16.5. The number of aromatic amines is 1. The number of aromatic nitrogens is 2. The van der Waals surface area contributed by atoms with Crippen LogP contribution in [0.4, 0.5) is 0 Å². The zero-order valence-electron chi connectivity index (χ0n) is 15.4. The highest BCUT2D eigenvalue weighted by molar-refractivity contribution is 6.20. The molecular weight excluding hydrogens is 344 g/mol. The highest BCUT2D eigenvalue weighted by Gasteiger charge is 2.20. The molecule has 1 N–H and O–H groups in total. The Bertz CT molecular complexity index is 1330. The minimum atomic E-state index is -0.0756. The average molecular weight is 362 g/mol. The van der Waals surface area contributed by atoms with Crippen molar-refractivity contribution in [1.82, 2.24) is 9.97 Å². The molecule has 0 unspecified atom stereocenters. The fraction of sp³-hybridized carbons (Fsp3) is 0.0400. The molecule has 5 aromatic rings. The van der Waals surface area contributed by atoms with Crippen molar-refractivity contribution in [3.05, 3.63) is 102 Å². The van der Waals surface area contributed by atoms with Gasteiger partial charge < -0.3 is 4.98 Å². The number of benzene rings is 3. The molecule has 0 saturated heterocycles. The van der Waals surface area contributed by atoms with Crippen molar-refractivity contribution >= 4 is 27.6 Å². The number of aryl methyl sites for hydroxylation is 1. The summed E-state index contributed by atoms with van der Waals surface area (Å²) in [7, 11) is 0. The van der Waals surface area contributed by atoms with E-state index >= 15 is 0 Å². The summed E-state index contributed by atoms with van der Waals surface area (Å²) >= 11 is 0. The minimum Gasteiger partial charge on any atom is -0.353 e. The quantitative estimate of drug-likeness (QED) is 0.405. The lowest BCUT2D eigenvalue weighted by molar-refractivity contribution is 0.103. The Morgan fingerprint density at radius 1 is 0.821 bits per heavy atom. The average Bonchev–Trinajstić information content (AvgIpc) is 3.13. The van der Waals surface area contributed by atoms with Gasteiger partial charge in [0, 0.05) is 28.0 Å². The molecule has 0 amide bonds. The zero-order valence-corrected chi connectivity index (χ0v) is 15.4. The number of hydrogen-bond donors (Lipinski definition) is 1. The summed E-state index contributed by atoms with van der Waals surface area (Å²) in [6.45, 7) is 2.06. The second kappa shape index (κ2) is 6.46. The molecule has 0 spiro atoms. The maximum absolute atomic E-state index is 13.5. The van der Waals surface area contributed by atoms with Crippen LogP contribution in [0.3, 0.4) is 0 Å². The summed E-state index contributed by atoms with van der Waals surface area (Å²) in [5, 5.41) is 2.11. The number of ketones is 1. The summed E-state index contributed by atoms with van der Waals surface area (Å²) in [6.07, 6.45) is 1.71. The molecule has 134 valence electrons. The molecule has 3 heteroatoms. The summed E-state index contributed by atoms with van der Waals surface area (Å²) in [6, 6.07) is 26.0. The molecule has 0 fully saturated rings. The Morgan fingerprint density at radius 2 is 1.57 bits per heavy atom. The number of pyridine rings is 1. The summed E-state index contributed by atoms with van der Waals surface area (Å²) in [4.78, 5) is 21.3. The number of nitrogens with zero attached hydrogens (tertiary/aromatic N) is 1.